The maximum Gasteiger partial charge on any atom is 0.311 e. The van der Waals surface area contributed by atoms with Gasteiger partial charge in [0.15, 0.2) is 0 Å². The van der Waals surface area contributed by atoms with E-state index in [9.17, 15) is 19.1 Å². The van der Waals surface area contributed by atoms with Gasteiger partial charge >= 0.3 is 5.97 Å². The predicted octanol–water partition coefficient (Wildman–Crippen LogP) is 2.63. The minimum absolute atomic E-state index is 0.151. The monoisotopic (exact) mass is 373 g/mol. The highest BCUT2D eigenvalue weighted by Crippen LogP contribution is 2.42. The summed E-state index contributed by atoms with van der Waals surface area (Å²) in [4.78, 5) is 32.1. The number of carboxylic acids is 1. The molecule has 2 fully saturated rings. The van der Waals surface area contributed by atoms with Crippen LogP contribution in [0.3, 0.4) is 0 Å². The number of hydrogen-bond acceptors (Lipinski definition) is 3. The Bertz CT molecular complexity index is 925. The summed E-state index contributed by atoms with van der Waals surface area (Å²) < 4.78 is 13.6. The summed E-state index contributed by atoms with van der Waals surface area (Å²) in [5.74, 6) is -1.25. The minimum Gasteiger partial charge on any atom is -0.481 e. The Morgan fingerprint density at radius 2 is 2.07 bits per heavy atom. The fraction of sp³-hybridized carbons (Fsp3) is 0.500. The summed E-state index contributed by atoms with van der Waals surface area (Å²) in [6, 6.07) is 4.24. The zero-order valence-electron chi connectivity index (χ0n) is 15.6. The van der Waals surface area contributed by atoms with Crippen LogP contribution in [0.15, 0.2) is 18.2 Å². The van der Waals surface area contributed by atoms with Gasteiger partial charge in [-0.25, -0.2) is 4.39 Å². The van der Waals surface area contributed by atoms with Crippen molar-refractivity contribution in [3.8, 4) is 0 Å². The number of likely N-dealkylation sites (N-methyl/N-ethyl adjacent to an activating group) is 1. The molecule has 0 saturated carbocycles. The number of benzene rings is 1. The lowest BCUT2D eigenvalue weighted by molar-refractivity contribution is -0.161. The second-order valence-corrected chi connectivity index (χ2v) is 7.88. The van der Waals surface area contributed by atoms with Crippen molar-refractivity contribution in [3.63, 3.8) is 0 Å². The number of carbonyl (C=O) groups is 2. The number of rotatable bonds is 2. The van der Waals surface area contributed by atoms with E-state index >= 15 is 0 Å². The van der Waals surface area contributed by atoms with E-state index in [0.29, 0.717) is 37.0 Å². The Morgan fingerprint density at radius 3 is 2.81 bits per heavy atom. The van der Waals surface area contributed by atoms with Gasteiger partial charge in [-0.3, -0.25) is 9.59 Å². The molecule has 2 atom stereocenters. The number of aliphatic carboxylic acids is 1. The van der Waals surface area contributed by atoms with Crippen LogP contribution in [0.1, 0.15) is 35.3 Å². The highest BCUT2D eigenvalue weighted by Gasteiger charge is 2.53. The third-order valence-electron chi connectivity index (χ3n) is 6.47. The van der Waals surface area contributed by atoms with Crippen molar-refractivity contribution >= 4 is 22.8 Å². The molecule has 0 radical (unpaired) electrons. The van der Waals surface area contributed by atoms with Crippen LogP contribution in [-0.2, 0) is 4.79 Å². The van der Waals surface area contributed by atoms with Crippen molar-refractivity contribution in [1.82, 2.24) is 14.8 Å². The third-order valence-corrected chi connectivity index (χ3v) is 6.47. The molecular formula is C20H24FN3O3. The van der Waals surface area contributed by atoms with E-state index in [2.05, 4.69) is 9.88 Å². The van der Waals surface area contributed by atoms with Crippen LogP contribution in [0.2, 0.25) is 0 Å². The molecule has 2 aliphatic rings. The van der Waals surface area contributed by atoms with E-state index < -0.39 is 11.4 Å². The molecule has 0 bridgehead atoms. The molecule has 2 aliphatic heterocycles. The number of carbonyl (C=O) groups excluding carboxylic acids is 1. The smallest absolute Gasteiger partial charge is 0.311 e. The lowest BCUT2D eigenvalue weighted by Gasteiger charge is -2.51. The number of carboxylic acid groups (broad SMARTS) is 1. The van der Waals surface area contributed by atoms with Crippen LogP contribution in [0.5, 0.6) is 0 Å². The quantitative estimate of drug-likeness (QED) is 0.848. The molecule has 2 N–H and O–H groups in total. The molecular weight excluding hydrogens is 349 g/mol. The molecule has 1 aromatic heterocycles. The minimum atomic E-state index is -0.775. The second-order valence-electron chi connectivity index (χ2n) is 7.88. The van der Waals surface area contributed by atoms with E-state index in [0.717, 1.165) is 24.0 Å². The van der Waals surface area contributed by atoms with Gasteiger partial charge in [-0.15, -0.1) is 0 Å². The van der Waals surface area contributed by atoms with Gasteiger partial charge in [0.1, 0.15) is 11.5 Å². The molecule has 0 aliphatic carbocycles. The van der Waals surface area contributed by atoms with E-state index in [4.69, 9.17) is 0 Å². The van der Waals surface area contributed by atoms with Crippen molar-refractivity contribution in [2.75, 3.05) is 26.7 Å². The predicted molar refractivity (Wildman–Crippen MR) is 99.2 cm³/mol. The topological polar surface area (TPSA) is 76.6 Å². The first-order valence-electron chi connectivity index (χ1n) is 9.34. The number of aryl methyl sites for hydroxylation is 1. The van der Waals surface area contributed by atoms with Crippen LogP contribution in [0.4, 0.5) is 4.39 Å². The fourth-order valence-corrected chi connectivity index (χ4v) is 4.84. The van der Waals surface area contributed by atoms with Crippen molar-refractivity contribution < 1.29 is 19.1 Å². The molecule has 7 heteroatoms. The Balaban J connectivity index is 1.64. The van der Waals surface area contributed by atoms with Gasteiger partial charge in [0.2, 0.25) is 0 Å². The van der Waals surface area contributed by atoms with Crippen LogP contribution in [-0.4, -0.2) is 64.5 Å². The van der Waals surface area contributed by atoms with Gasteiger partial charge in [-0.1, -0.05) is 0 Å². The number of H-pyrrole nitrogens is 1. The van der Waals surface area contributed by atoms with Crippen LogP contribution < -0.4 is 0 Å². The lowest BCUT2D eigenvalue weighted by atomic mass is 9.68. The Kier molecular flexibility index (Phi) is 4.22. The Labute approximate surface area is 156 Å². The number of amides is 1. The molecule has 144 valence electrons. The van der Waals surface area contributed by atoms with Gasteiger partial charge < -0.3 is 19.9 Å². The summed E-state index contributed by atoms with van der Waals surface area (Å²) in [5.41, 5.74) is 1.13. The number of aromatic amines is 1. The highest BCUT2D eigenvalue weighted by molar-refractivity contribution is 6.01. The standard InChI is InChI=1S/C20H24FN3O3/c1-12-14-10-13(21)4-5-15(14)22-17(12)18(25)24-9-7-20(19(26)27)6-3-8-23(2)16(20)11-24/h4-5,10,16,22H,3,6-9,11H2,1-2H3,(H,26,27)/t16-,20+/m1/s1. The second kappa shape index (κ2) is 6.34. The number of piperidine rings is 2. The van der Waals surface area contributed by atoms with Crippen molar-refractivity contribution in [1.29, 1.82) is 0 Å². The van der Waals surface area contributed by atoms with Crippen molar-refractivity contribution in [3.05, 3.63) is 35.3 Å². The maximum absolute atomic E-state index is 13.6. The molecule has 1 aromatic carbocycles. The average molecular weight is 373 g/mol. The van der Waals surface area contributed by atoms with Crippen LogP contribution in [0, 0.1) is 18.2 Å². The normalized spacial score (nSPS) is 26.2. The first-order valence-corrected chi connectivity index (χ1v) is 9.34. The fourth-order valence-electron chi connectivity index (χ4n) is 4.84. The molecule has 27 heavy (non-hydrogen) atoms. The van der Waals surface area contributed by atoms with E-state index in [1.807, 2.05) is 14.0 Å². The maximum atomic E-state index is 13.6. The summed E-state index contributed by atoms with van der Waals surface area (Å²) in [5, 5.41) is 10.6. The van der Waals surface area contributed by atoms with Crippen molar-refractivity contribution in [2.45, 2.75) is 32.2 Å². The summed E-state index contributed by atoms with van der Waals surface area (Å²) >= 11 is 0. The van der Waals surface area contributed by atoms with Gasteiger partial charge in [-0.05, 0) is 63.5 Å². The highest BCUT2D eigenvalue weighted by atomic mass is 19.1. The number of nitrogens with zero attached hydrogens (tertiary/aromatic N) is 2. The molecule has 0 spiro atoms. The third kappa shape index (κ3) is 2.72. The molecule has 2 aromatic rings. The Morgan fingerprint density at radius 1 is 1.30 bits per heavy atom. The first-order chi connectivity index (χ1) is 12.8. The number of aromatic nitrogens is 1. The van der Waals surface area contributed by atoms with E-state index in [-0.39, 0.29) is 17.8 Å². The zero-order chi connectivity index (χ0) is 19.3. The van der Waals surface area contributed by atoms with Gasteiger partial charge in [-0.2, -0.15) is 0 Å². The van der Waals surface area contributed by atoms with Crippen LogP contribution >= 0.6 is 0 Å². The largest absolute Gasteiger partial charge is 0.481 e. The first kappa shape index (κ1) is 18.0. The number of halogens is 1. The summed E-state index contributed by atoms with van der Waals surface area (Å²) in [7, 11) is 1.94. The molecule has 4 rings (SSSR count). The van der Waals surface area contributed by atoms with Gasteiger partial charge in [0.05, 0.1) is 5.41 Å². The number of hydrogen-bond donors (Lipinski definition) is 2. The van der Waals surface area contributed by atoms with Crippen LogP contribution in [0.25, 0.3) is 10.9 Å². The van der Waals surface area contributed by atoms with E-state index in [1.54, 1.807) is 11.0 Å². The molecule has 1 amide bonds. The Hall–Kier alpha value is -2.41. The van der Waals surface area contributed by atoms with Gasteiger partial charge in [0.25, 0.3) is 5.91 Å². The zero-order valence-corrected chi connectivity index (χ0v) is 15.6. The van der Waals surface area contributed by atoms with Gasteiger partial charge in [0, 0.05) is 30.0 Å². The molecule has 6 nitrogen and oxygen atoms in total. The molecule has 0 unspecified atom stereocenters. The molecule has 2 saturated heterocycles. The van der Waals surface area contributed by atoms with E-state index in [1.165, 1.54) is 12.1 Å². The lowest BCUT2D eigenvalue weighted by Crippen LogP contribution is -2.63. The summed E-state index contributed by atoms with van der Waals surface area (Å²) in [6.07, 6.45) is 1.97. The van der Waals surface area contributed by atoms with Crippen molar-refractivity contribution in [2.24, 2.45) is 5.41 Å². The average Bonchev–Trinajstić information content (AvgIpc) is 2.97. The SMILES string of the molecule is Cc1c(C(=O)N2CC[C@@]3(C(=O)O)CCCN(C)[C@@H]3C2)[nH]c2ccc(F)cc12. The molecule has 3 heterocycles. The number of likely N-dealkylation sites (tertiary alicyclic amines) is 2. The summed E-state index contributed by atoms with van der Waals surface area (Å²) in [6.45, 7) is 3.46. The number of nitrogens with one attached hydrogen (secondary N) is 1. The number of fused-ring (bicyclic) bond motifs is 2.